The van der Waals surface area contributed by atoms with Crippen molar-refractivity contribution in [1.82, 2.24) is 10.6 Å². The van der Waals surface area contributed by atoms with Crippen LogP contribution in [0.25, 0.3) is 0 Å². The van der Waals surface area contributed by atoms with Crippen LogP contribution in [0.4, 0.5) is 0 Å². The lowest BCUT2D eigenvalue weighted by atomic mass is 9.95. The molecular weight excluding hydrogens is 320 g/mol. The molecule has 0 bridgehead atoms. The molecule has 152 valence electrons. The number of nitrogens with one attached hydrogen (secondary N) is 2. The van der Waals surface area contributed by atoms with Gasteiger partial charge in [-0.3, -0.25) is 4.79 Å². The van der Waals surface area contributed by atoms with E-state index in [1.807, 2.05) is 0 Å². The van der Waals surface area contributed by atoms with Gasteiger partial charge in [-0.25, -0.2) is 0 Å². The van der Waals surface area contributed by atoms with Crippen LogP contribution < -0.4 is 10.6 Å². The van der Waals surface area contributed by atoms with Gasteiger partial charge >= 0.3 is 0 Å². The van der Waals surface area contributed by atoms with Crippen molar-refractivity contribution in [2.75, 3.05) is 6.54 Å². The monoisotopic (exact) mass is 364 g/mol. The van der Waals surface area contributed by atoms with Gasteiger partial charge < -0.3 is 10.6 Å². The van der Waals surface area contributed by atoms with Crippen LogP contribution in [-0.4, -0.2) is 30.5 Å². The van der Waals surface area contributed by atoms with Gasteiger partial charge in [-0.15, -0.1) is 0 Å². The van der Waals surface area contributed by atoms with Crippen LogP contribution in [-0.2, 0) is 4.79 Å². The molecule has 0 saturated heterocycles. The van der Waals surface area contributed by atoms with Gasteiger partial charge in [0.15, 0.2) is 5.78 Å². The lowest BCUT2D eigenvalue weighted by molar-refractivity contribution is -0.124. The summed E-state index contributed by atoms with van der Waals surface area (Å²) < 4.78 is 0. The van der Waals surface area contributed by atoms with Gasteiger partial charge in [0.25, 0.3) is 0 Å². The Morgan fingerprint density at radius 1 is 0.808 bits per heavy atom. The van der Waals surface area contributed by atoms with E-state index in [0.717, 1.165) is 25.4 Å². The number of unbranched alkanes of at least 4 members (excludes halogenated alkanes) is 1. The summed E-state index contributed by atoms with van der Waals surface area (Å²) >= 11 is 0. The summed E-state index contributed by atoms with van der Waals surface area (Å²) in [6.07, 6.45) is 19.6. The van der Waals surface area contributed by atoms with Crippen LogP contribution in [0.1, 0.15) is 110 Å². The summed E-state index contributed by atoms with van der Waals surface area (Å²) in [7, 11) is 0. The van der Waals surface area contributed by atoms with Gasteiger partial charge in [0, 0.05) is 18.0 Å². The first-order chi connectivity index (χ1) is 12.7. The highest BCUT2D eigenvalue weighted by atomic mass is 16.1. The minimum atomic E-state index is 0.0796. The average molecular weight is 365 g/mol. The Hall–Kier alpha value is -0.410. The minimum absolute atomic E-state index is 0.0796. The van der Waals surface area contributed by atoms with Crippen molar-refractivity contribution in [3.63, 3.8) is 0 Å². The lowest BCUT2D eigenvalue weighted by Gasteiger charge is -2.25. The Morgan fingerprint density at radius 2 is 1.35 bits per heavy atom. The maximum atomic E-state index is 12.7. The molecule has 1 unspecified atom stereocenters. The van der Waals surface area contributed by atoms with Crippen molar-refractivity contribution in [1.29, 1.82) is 0 Å². The normalized spacial score (nSPS) is 22.1. The van der Waals surface area contributed by atoms with E-state index in [0.29, 0.717) is 11.8 Å². The van der Waals surface area contributed by atoms with Crippen LogP contribution in [0.15, 0.2) is 0 Å². The van der Waals surface area contributed by atoms with Crippen LogP contribution in [0.5, 0.6) is 0 Å². The molecule has 26 heavy (non-hydrogen) atoms. The number of rotatable bonds is 10. The number of Topliss-reactive ketones (excluding diaryl/α,β-unsaturated/α-hetero) is 1. The van der Waals surface area contributed by atoms with Crippen LogP contribution in [0.3, 0.4) is 0 Å². The highest BCUT2D eigenvalue weighted by molar-refractivity contribution is 5.85. The second-order valence-corrected chi connectivity index (χ2v) is 9.10. The van der Waals surface area contributed by atoms with E-state index in [1.165, 1.54) is 83.5 Å². The molecular formula is C23H44N2O. The standard InChI is InChI=1S/C23H44N2O/c1-19(2)23(26)22(25-21-15-9-5-6-10-16-21)17-11-12-18-24-20-13-7-3-4-8-14-20/h19-22,24-25H,3-18H2,1-2H3. The molecule has 2 aliphatic carbocycles. The Morgan fingerprint density at radius 3 is 1.88 bits per heavy atom. The van der Waals surface area contributed by atoms with Crippen LogP contribution in [0, 0.1) is 5.92 Å². The van der Waals surface area contributed by atoms with Crippen molar-refractivity contribution in [2.45, 2.75) is 128 Å². The van der Waals surface area contributed by atoms with Gasteiger partial charge in [0.2, 0.25) is 0 Å². The first kappa shape index (κ1) is 21.9. The number of hydrogen-bond donors (Lipinski definition) is 2. The SMILES string of the molecule is CC(C)C(=O)C(CCCCNC1CCCCCC1)NC1CCCCCC1. The summed E-state index contributed by atoms with van der Waals surface area (Å²) in [6.45, 7) is 5.23. The molecule has 2 rings (SSSR count). The third kappa shape index (κ3) is 8.52. The fraction of sp³-hybridized carbons (Fsp3) is 0.957. The van der Waals surface area contributed by atoms with E-state index in [2.05, 4.69) is 24.5 Å². The largest absolute Gasteiger partial charge is 0.314 e. The first-order valence-electron chi connectivity index (χ1n) is 11.7. The van der Waals surface area contributed by atoms with E-state index < -0.39 is 0 Å². The topological polar surface area (TPSA) is 41.1 Å². The summed E-state index contributed by atoms with van der Waals surface area (Å²) in [6, 6.07) is 1.39. The van der Waals surface area contributed by atoms with E-state index in [-0.39, 0.29) is 12.0 Å². The Bertz CT molecular complexity index is 366. The molecule has 0 heterocycles. The zero-order valence-corrected chi connectivity index (χ0v) is 17.5. The molecule has 0 aromatic heterocycles. The van der Waals surface area contributed by atoms with Crippen molar-refractivity contribution in [2.24, 2.45) is 5.92 Å². The molecule has 2 saturated carbocycles. The molecule has 2 N–H and O–H groups in total. The molecule has 0 radical (unpaired) electrons. The highest BCUT2D eigenvalue weighted by Gasteiger charge is 2.24. The van der Waals surface area contributed by atoms with Gasteiger partial charge in [0.1, 0.15) is 0 Å². The van der Waals surface area contributed by atoms with Gasteiger partial charge in [-0.2, -0.15) is 0 Å². The highest BCUT2D eigenvalue weighted by Crippen LogP contribution is 2.20. The first-order valence-corrected chi connectivity index (χ1v) is 11.7. The quantitative estimate of drug-likeness (QED) is 0.404. The summed E-state index contributed by atoms with van der Waals surface area (Å²) in [5.74, 6) is 0.563. The van der Waals surface area contributed by atoms with Crippen molar-refractivity contribution in [3.8, 4) is 0 Å². The van der Waals surface area contributed by atoms with E-state index >= 15 is 0 Å². The Labute approximate surface area is 162 Å². The number of carbonyl (C=O) groups excluding carboxylic acids is 1. The third-order valence-electron chi connectivity index (χ3n) is 6.41. The van der Waals surface area contributed by atoms with Gasteiger partial charge in [0.05, 0.1) is 6.04 Å². The number of hydrogen-bond acceptors (Lipinski definition) is 3. The summed E-state index contributed by atoms with van der Waals surface area (Å²) in [5.41, 5.74) is 0. The molecule has 0 aromatic rings. The molecule has 0 amide bonds. The average Bonchev–Trinajstić information content (AvgIpc) is 3.04. The number of ketones is 1. The van der Waals surface area contributed by atoms with Crippen molar-refractivity contribution >= 4 is 5.78 Å². The Kier molecular flexibility index (Phi) is 10.8. The molecule has 3 nitrogen and oxygen atoms in total. The second kappa shape index (κ2) is 12.9. The maximum Gasteiger partial charge on any atom is 0.152 e. The predicted octanol–water partition coefficient (Wildman–Crippen LogP) is 5.38. The van der Waals surface area contributed by atoms with Gasteiger partial charge in [-0.05, 0) is 45.1 Å². The summed E-state index contributed by atoms with van der Waals surface area (Å²) in [5, 5.41) is 7.53. The zero-order valence-electron chi connectivity index (χ0n) is 17.5. The third-order valence-corrected chi connectivity index (χ3v) is 6.41. The lowest BCUT2D eigenvalue weighted by Crippen LogP contribution is -2.44. The maximum absolute atomic E-state index is 12.7. The van der Waals surface area contributed by atoms with Crippen molar-refractivity contribution < 1.29 is 4.79 Å². The van der Waals surface area contributed by atoms with Crippen LogP contribution in [0.2, 0.25) is 0 Å². The minimum Gasteiger partial charge on any atom is -0.314 e. The number of carbonyl (C=O) groups is 1. The van der Waals surface area contributed by atoms with Crippen molar-refractivity contribution in [3.05, 3.63) is 0 Å². The molecule has 1 atom stereocenters. The van der Waals surface area contributed by atoms with E-state index in [9.17, 15) is 4.79 Å². The molecule has 2 fully saturated rings. The van der Waals surface area contributed by atoms with E-state index in [4.69, 9.17) is 0 Å². The second-order valence-electron chi connectivity index (χ2n) is 9.10. The zero-order chi connectivity index (χ0) is 18.6. The fourth-order valence-electron chi connectivity index (χ4n) is 4.70. The van der Waals surface area contributed by atoms with E-state index in [1.54, 1.807) is 0 Å². The molecule has 2 aliphatic rings. The molecule has 3 heteroatoms. The molecule has 0 aliphatic heterocycles. The Balaban J connectivity index is 1.68. The molecule has 0 aromatic carbocycles. The van der Waals surface area contributed by atoms with Gasteiger partial charge in [-0.1, -0.05) is 71.6 Å². The summed E-state index contributed by atoms with van der Waals surface area (Å²) in [4.78, 5) is 12.7. The predicted molar refractivity (Wildman–Crippen MR) is 112 cm³/mol. The fourth-order valence-corrected chi connectivity index (χ4v) is 4.70. The smallest absolute Gasteiger partial charge is 0.152 e. The molecule has 0 spiro atoms. The van der Waals surface area contributed by atoms with Crippen LogP contribution >= 0.6 is 0 Å².